The van der Waals surface area contributed by atoms with Gasteiger partial charge >= 0.3 is 5.97 Å². The summed E-state index contributed by atoms with van der Waals surface area (Å²) in [5.74, 6) is 0.979. The zero-order valence-electron chi connectivity index (χ0n) is 11.0. The molecule has 0 unspecified atom stereocenters. The Morgan fingerprint density at radius 2 is 2.11 bits per heavy atom. The third-order valence-corrected chi connectivity index (χ3v) is 3.25. The fourth-order valence-electron chi connectivity index (χ4n) is 2.11. The summed E-state index contributed by atoms with van der Waals surface area (Å²) in [6, 6.07) is 1.92. The number of carboxylic acids is 1. The van der Waals surface area contributed by atoms with Crippen LogP contribution >= 0.6 is 0 Å². The number of aliphatic carboxylic acids is 1. The smallest absolute Gasteiger partial charge is 0.304 e. The number of nitrogens with zero attached hydrogens (tertiary/aromatic N) is 4. The van der Waals surface area contributed by atoms with Gasteiger partial charge in [-0.25, -0.2) is 9.97 Å². The van der Waals surface area contributed by atoms with Crippen LogP contribution in [0.5, 0.6) is 0 Å². The van der Waals surface area contributed by atoms with E-state index in [9.17, 15) is 4.79 Å². The van der Waals surface area contributed by atoms with Crippen LogP contribution in [0.1, 0.15) is 6.42 Å². The van der Waals surface area contributed by atoms with Crippen molar-refractivity contribution in [2.45, 2.75) is 6.42 Å². The molecule has 0 radical (unpaired) electrons. The molecule has 0 bridgehead atoms. The van der Waals surface area contributed by atoms with E-state index < -0.39 is 5.97 Å². The minimum atomic E-state index is -0.739. The lowest BCUT2D eigenvalue weighted by Gasteiger charge is -2.35. The van der Waals surface area contributed by atoms with Crippen LogP contribution in [-0.4, -0.2) is 65.7 Å². The molecule has 2 N–H and O–H groups in total. The molecule has 19 heavy (non-hydrogen) atoms. The topological polar surface area (TPSA) is 81.6 Å². The summed E-state index contributed by atoms with van der Waals surface area (Å²) in [5, 5.41) is 11.7. The van der Waals surface area contributed by atoms with Gasteiger partial charge in [0.1, 0.15) is 18.0 Å². The van der Waals surface area contributed by atoms with Crippen LogP contribution in [0.15, 0.2) is 12.4 Å². The second-order valence-electron chi connectivity index (χ2n) is 4.48. The lowest BCUT2D eigenvalue weighted by atomic mass is 10.3. The summed E-state index contributed by atoms with van der Waals surface area (Å²) in [7, 11) is 1.83. The molecular weight excluding hydrogens is 246 g/mol. The molecule has 0 saturated carbocycles. The Morgan fingerprint density at radius 3 is 2.74 bits per heavy atom. The van der Waals surface area contributed by atoms with Crippen molar-refractivity contribution in [3.8, 4) is 0 Å². The first kappa shape index (κ1) is 13.5. The normalized spacial score (nSPS) is 16.4. The first-order valence-corrected chi connectivity index (χ1v) is 6.38. The maximum absolute atomic E-state index is 10.5. The van der Waals surface area contributed by atoms with Crippen LogP contribution in [0, 0.1) is 0 Å². The van der Waals surface area contributed by atoms with Crippen LogP contribution in [-0.2, 0) is 4.79 Å². The van der Waals surface area contributed by atoms with E-state index in [-0.39, 0.29) is 6.42 Å². The molecular formula is C12H19N5O2. The number of anilines is 2. The monoisotopic (exact) mass is 265 g/mol. The average molecular weight is 265 g/mol. The fourth-order valence-corrected chi connectivity index (χ4v) is 2.11. The van der Waals surface area contributed by atoms with Gasteiger partial charge in [-0.05, 0) is 0 Å². The molecule has 0 aliphatic carbocycles. The number of piperazine rings is 1. The molecule has 2 heterocycles. The largest absolute Gasteiger partial charge is 0.481 e. The molecule has 0 spiro atoms. The summed E-state index contributed by atoms with van der Waals surface area (Å²) in [5.41, 5.74) is 0. The van der Waals surface area contributed by atoms with Crippen molar-refractivity contribution in [2.24, 2.45) is 0 Å². The van der Waals surface area contributed by atoms with Crippen molar-refractivity contribution in [3.05, 3.63) is 12.4 Å². The SMILES string of the molecule is CNc1cc(N2CCN(CCC(=O)O)CC2)ncn1. The Morgan fingerprint density at radius 1 is 1.37 bits per heavy atom. The molecule has 1 fully saturated rings. The standard InChI is InChI=1S/C12H19N5O2/c1-13-10-8-11(15-9-14-10)17-6-4-16(5-7-17)3-2-12(18)19/h8-9H,2-7H2,1H3,(H,18,19)(H,13,14,15). The van der Waals surface area contributed by atoms with E-state index in [2.05, 4.69) is 25.1 Å². The molecule has 1 aliphatic heterocycles. The van der Waals surface area contributed by atoms with Gasteiger partial charge in [0.05, 0.1) is 6.42 Å². The maximum Gasteiger partial charge on any atom is 0.304 e. The second kappa shape index (κ2) is 6.33. The van der Waals surface area contributed by atoms with Gasteiger partial charge in [-0.2, -0.15) is 0 Å². The molecule has 104 valence electrons. The van der Waals surface area contributed by atoms with Gasteiger partial charge in [0.15, 0.2) is 0 Å². The number of rotatable bonds is 5. The highest BCUT2D eigenvalue weighted by molar-refractivity contribution is 5.66. The van der Waals surface area contributed by atoms with Gasteiger partial charge in [0, 0.05) is 45.8 Å². The molecule has 0 atom stereocenters. The van der Waals surface area contributed by atoms with E-state index in [4.69, 9.17) is 5.11 Å². The zero-order valence-corrected chi connectivity index (χ0v) is 11.0. The summed E-state index contributed by atoms with van der Waals surface area (Å²) in [4.78, 5) is 23.3. The molecule has 0 amide bonds. The van der Waals surface area contributed by atoms with E-state index in [1.165, 1.54) is 0 Å². The van der Waals surface area contributed by atoms with Gasteiger partial charge in [-0.15, -0.1) is 0 Å². The minimum absolute atomic E-state index is 0.206. The van der Waals surface area contributed by atoms with Crippen molar-refractivity contribution < 1.29 is 9.90 Å². The predicted octanol–water partition coefficient (Wildman–Crippen LogP) is 0.115. The molecule has 1 aliphatic rings. The van der Waals surface area contributed by atoms with E-state index in [1.54, 1.807) is 6.33 Å². The number of aromatic nitrogens is 2. The average Bonchev–Trinajstić information content (AvgIpc) is 2.45. The van der Waals surface area contributed by atoms with Crippen molar-refractivity contribution in [1.82, 2.24) is 14.9 Å². The van der Waals surface area contributed by atoms with Gasteiger partial charge in [-0.1, -0.05) is 0 Å². The van der Waals surface area contributed by atoms with Crippen LogP contribution in [0.25, 0.3) is 0 Å². The molecule has 1 saturated heterocycles. The molecule has 1 aromatic rings. The number of hydrogen-bond acceptors (Lipinski definition) is 6. The van der Waals surface area contributed by atoms with E-state index in [1.807, 2.05) is 13.1 Å². The lowest BCUT2D eigenvalue weighted by molar-refractivity contribution is -0.137. The van der Waals surface area contributed by atoms with E-state index >= 15 is 0 Å². The first-order valence-electron chi connectivity index (χ1n) is 6.38. The Hall–Kier alpha value is -1.89. The van der Waals surface area contributed by atoms with E-state index in [0.29, 0.717) is 6.54 Å². The fraction of sp³-hybridized carbons (Fsp3) is 0.583. The quantitative estimate of drug-likeness (QED) is 0.782. The van der Waals surface area contributed by atoms with Crippen LogP contribution < -0.4 is 10.2 Å². The number of nitrogens with one attached hydrogen (secondary N) is 1. The van der Waals surface area contributed by atoms with Gasteiger partial charge < -0.3 is 15.3 Å². The zero-order chi connectivity index (χ0) is 13.7. The Labute approximate surface area is 112 Å². The molecule has 1 aromatic heterocycles. The third kappa shape index (κ3) is 3.78. The summed E-state index contributed by atoms with van der Waals surface area (Å²) < 4.78 is 0. The maximum atomic E-state index is 10.5. The second-order valence-corrected chi connectivity index (χ2v) is 4.48. The first-order chi connectivity index (χ1) is 9.19. The van der Waals surface area contributed by atoms with Crippen LogP contribution in [0.4, 0.5) is 11.6 Å². The summed E-state index contributed by atoms with van der Waals surface area (Å²) in [6.45, 7) is 4.08. The number of carboxylic acid groups (broad SMARTS) is 1. The summed E-state index contributed by atoms with van der Waals surface area (Å²) >= 11 is 0. The number of hydrogen-bond donors (Lipinski definition) is 2. The Kier molecular flexibility index (Phi) is 4.51. The third-order valence-electron chi connectivity index (χ3n) is 3.25. The molecule has 7 nitrogen and oxygen atoms in total. The predicted molar refractivity (Wildman–Crippen MR) is 72.5 cm³/mol. The highest BCUT2D eigenvalue weighted by Gasteiger charge is 2.18. The Balaban J connectivity index is 1.87. The van der Waals surface area contributed by atoms with Crippen molar-refractivity contribution in [3.63, 3.8) is 0 Å². The van der Waals surface area contributed by atoms with Crippen LogP contribution in [0.2, 0.25) is 0 Å². The Bertz CT molecular complexity index is 432. The summed E-state index contributed by atoms with van der Waals surface area (Å²) in [6.07, 6.45) is 1.76. The van der Waals surface area contributed by atoms with Crippen molar-refractivity contribution >= 4 is 17.6 Å². The molecule has 2 rings (SSSR count). The number of carbonyl (C=O) groups is 1. The highest BCUT2D eigenvalue weighted by Crippen LogP contribution is 2.15. The highest BCUT2D eigenvalue weighted by atomic mass is 16.4. The van der Waals surface area contributed by atoms with Gasteiger partial charge in [-0.3, -0.25) is 9.69 Å². The molecule has 7 heteroatoms. The van der Waals surface area contributed by atoms with E-state index in [0.717, 1.165) is 37.8 Å². The lowest BCUT2D eigenvalue weighted by Crippen LogP contribution is -2.47. The van der Waals surface area contributed by atoms with Gasteiger partial charge in [0.2, 0.25) is 0 Å². The van der Waals surface area contributed by atoms with Crippen molar-refractivity contribution in [2.75, 3.05) is 50.0 Å². The van der Waals surface area contributed by atoms with Crippen molar-refractivity contribution in [1.29, 1.82) is 0 Å². The van der Waals surface area contributed by atoms with Gasteiger partial charge in [0.25, 0.3) is 0 Å². The minimum Gasteiger partial charge on any atom is -0.481 e. The van der Waals surface area contributed by atoms with Crippen LogP contribution in [0.3, 0.4) is 0 Å². The molecule has 0 aromatic carbocycles.